The van der Waals surface area contributed by atoms with Gasteiger partial charge in [-0.15, -0.1) is 11.8 Å². The van der Waals surface area contributed by atoms with Crippen LogP contribution in [0, 0.1) is 11.7 Å². The fraction of sp³-hybridized carbons (Fsp3) is 0.267. The van der Waals surface area contributed by atoms with Crippen LogP contribution in [0.3, 0.4) is 0 Å². The number of nitrogens with one attached hydrogen (secondary N) is 1. The van der Waals surface area contributed by atoms with E-state index in [9.17, 15) is 14.0 Å². The number of rotatable bonds is 10. The fourth-order valence-electron chi connectivity index (χ4n) is 4.35. The number of ketones is 1. The highest BCUT2D eigenvalue weighted by molar-refractivity contribution is 7.99. The average Bonchev–Trinajstić information content (AvgIpc) is 2.92. The fourth-order valence-corrected chi connectivity index (χ4v) is 5.29. The zero-order valence-corrected chi connectivity index (χ0v) is 21.1. The van der Waals surface area contributed by atoms with E-state index in [1.54, 1.807) is 30.0 Å². The maximum Gasteiger partial charge on any atom is 0.248 e. The van der Waals surface area contributed by atoms with E-state index in [4.69, 9.17) is 0 Å². The predicted molar refractivity (Wildman–Crippen MR) is 146 cm³/mol. The highest BCUT2D eigenvalue weighted by atomic mass is 32.2. The van der Waals surface area contributed by atoms with Gasteiger partial charge in [0.1, 0.15) is 5.82 Å². The van der Waals surface area contributed by atoms with Crippen LogP contribution in [0.2, 0.25) is 0 Å². The van der Waals surface area contributed by atoms with Gasteiger partial charge < -0.3 is 10.2 Å². The summed E-state index contributed by atoms with van der Waals surface area (Å²) >= 11 is 1.75. The molecule has 1 heterocycles. The molecular formula is C30H31FN2O2S. The summed E-state index contributed by atoms with van der Waals surface area (Å²) in [6, 6.07) is 23.5. The van der Waals surface area contributed by atoms with Crippen molar-refractivity contribution in [2.45, 2.75) is 24.2 Å². The minimum Gasteiger partial charge on any atom is -0.321 e. The second-order valence-corrected chi connectivity index (χ2v) is 10.1. The van der Waals surface area contributed by atoms with Crippen molar-refractivity contribution in [2.75, 3.05) is 30.7 Å². The van der Waals surface area contributed by atoms with Gasteiger partial charge in [0.25, 0.3) is 0 Å². The number of amides is 1. The topological polar surface area (TPSA) is 49.4 Å². The van der Waals surface area contributed by atoms with Gasteiger partial charge in [-0.2, -0.15) is 0 Å². The summed E-state index contributed by atoms with van der Waals surface area (Å²) in [7, 11) is 0. The lowest BCUT2D eigenvalue weighted by Crippen LogP contribution is -2.37. The number of thioether (sulfide) groups is 1. The standard InChI is InChI=1S/C30H31FN2O2S/c31-26-14-12-24(13-15-26)30(35)25-17-20-33(21-18-25)19-6-22-36-28-10-5-4-9-27(28)32-29(34)16-11-23-7-2-1-3-8-23/h1-5,7-16,25H,6,17-22H2,(H,32,34). The van der Waals surface area contributed by atoms with E-state index in [0.717, 1.165) is 60.8 Å². The summed E-state index contributed by atoms with van der Waals surface area (Å²) in [5.41, 5.74) is 2.41. The molecule has 1 aliphatic heterocycles. The molecule has 0 aliphatic carbocycles. The Balaban J connectivity index is 1.19. The molecule has 0 spiro atoms. The Morgan fingerprint density at radius 1 is 0.944 bits per heavy atom. The lowest BCUT2D eigenvalue weighted by molar-refractivity contribution is -0.111. The molecule has 0 atom stereocenters. The Labute approximate surface area is 216 Å². The summed E-state index contributed by atoms with van der Waals surface area (Å²) in [6.07, 6.45) is 6.07. The minimum atomic E-state index is -0.316. The predicted octanol–water partition coefficient (Wildman–Crippen LogP) is 6.55. The average molecular weight is 503 g/mol. The van der Waals surface area contributed by atoms with Gasteiger partial charge in [-0.1, -0.05) is 42.5 Å². The van der Waals surface area contributed by atoms with E-state index >= 15 is 0 Å². The Kier molecular flexibility index (Phi) is 9.47. The van der Waals surface area contributed by atoms with Gasteiger partial charge >= 0.3 is 0 Å². The van der Waals surface area contributed by atoms with Gasteiger partial charge in [-0.25, -0.2) is 4.39 Å². The van der Waals surface area contributed by atoms with Crippen LogP contribution < -0.4 is 5.32 Å². The highest BCUT2D eigenvalue weighted by Gasteiger charge is 2.25. The lowest BCUT2D eigenvalue weighted by atomic mass is 9.89. The molecule has 4 rings (SSSR count). The molecule has 3 aromatic carbocycles. The number of carbonyl (C=O) groups is 2. The number of hydrogen-bond acceptors (Lipinski definition) is 4. The van der Waals surface area contributed by atoms with E-state index in [-0.39, 0.29) is 23.4 Å². The summed E-state index contributed by atoms with van der Waals surface area (Å²) in [6.45, 7) is 2.80. The molecule has 0 bridgehead atoms. The molecule has 4 nitrogen and oxygen atoms in total. The maximum atomic E-state index is 13.1. The molecule has 0 unspecified atom stereocenters. The minimum absolute atomic E-state index is 0.0208. The van der Waals surface area contributed by atoms with E-state index in [0.29, 0.717) is 5.56 Å². The number of para-hydroxylation sites is 1. The first-order valence-corrected chi connectivity index (χ1v) is 13.3. The number of likely N-dealkylation sites (tertiary alicyclic amines) is 1. The summed E-state index contributed by atoms with van der Waals surface area (Å²) < 4.78 is 13.1. The molecule has 1 saturated heterocycles. The van der Waals surface area contributed by atoms with Gasteiger partial charge in [0, 0.05) is 22.5 Å². The van der Waals surface area contributed by atoms with Crippen molar-refractivity contribution in [3.05, 3.63) is 102 Å². The van der Waals surface area contributed by atoms with Crippen LogP contribution in [-0.2, 0) is 4.79 Å². The van der Waals surface area contributed by atoms with E-state index in [1.807, 2.05) is 60.7 Å². The van der Waals surface area contributed by atoms with Crippen molar-refractivity contribution in [2.24, 2.45) is 5.92 Å². The molecule has 1 N–H and O–H groups in total. The lowest BCUT2D eigenvalue weighted by Gasteiger charge is -2.31. The van der Waals surface area contributed by atoms with Crippen molar-refractivity contribution in [3.8, 4) is 0 Å². The number of nitrogens with zero attached hydrogens (tertiary/aromatic N) is 1. The summed E-state index contributed by atoms with van der Waals surface area (Å²) in [5.74, 6) is 0.630. The number of benzene rings is 3. The third-order valence-electron chi connectivity index (χ3n) is 6.34. The number of Topliss-reactive ketones (excluding diaryl/α,β-unsaturated/α-hetero) is 1. The Bertz CT molecular complexity index is 1170. The Morgan fingerprint density at radius 3 is 2.39 bits per heavy atom. The van der Waals surface area contributed by atoms with Crippen LogP contribution in [0.4, 0.5) is 10.1 Å². The second kappa shape index (κ2) is 13.2. The maximum absolute atomic E-state index is 13.1. The first-order chi connectivity index (χ1) is 17.6. The monoisotopic (exact) mass is 502 g/mol. The highest BCUT2D eigenvalue weighted by Crippen LogP contribution is 2.28. The molecule has 1 fully saturated rings. The molecule has 1 aliphatic rings. The van der Waals surface area contributed by atoms with E-state index in [2.05, 4.69) is 10.2 Å². The normalized spacial score (nSPS) is 14.7. The van der Waals surface area contributed by atoms with Crippen LogP contribution in [0.1, 0.15) is 35.2 Å². The first-order valence-electron chi connectivity index (χ1n) is 12.4. The van der Waals surface area contributed by atoms with E-state index in [1.165, 1.54) is 12.1 Å². The summed E-state index contributed by atoms with van der Waals surface area (Å²) in [5, 5.41) is 2.99. The van der Waals surface area contributed by atoms with E-state index < -0.39 is 0 Å². The van der Waals surface area contributed by atoms with Gasteiger partial charge in [-0.3, -0.25) is 9.59 Å². The van der Waals surface area contributed by atoms with Crippen LogP contribution >= 0.6 is 11.8 Å². The quantitative estimate of drug-likeness (QED) is 0.148. The van der Waals surface area contributed by atoms with Crippen molar-refractivity contribution >= 4 is 35.2 Å². The van der Waals surface area contributed by atoms with Crippen molar-refractivity contribution in [1.29, 1.82) is 0 Å². The van der Waals surface area contributed by atoms with Crippen molar-refractivity contribution in [3.63, 3.8) is 0 Å². The number of carbonyl (C=O) groups excluding carboxylic acids is 2. The van der Waals surface area contributed by atoms with Crippen LogP contribution in [-0.4, -0.2) is 42.0 Å². The van der Waals surface area contributed by atoms with Gasteiger partial charge in [0.05, 0.1) is 5.69 Å². The SMILES string of the molecule is O=C(C=Cc1ccccc1)Nc1ccccc1SCCCN1CCC(C(=O)c2ccc(F)cc2)CC1. The van der Waals surface area contributed by atoms with Gasteiger partial charge in [0.15, 0.2) is 5.78 Å². The zero-order valence-electron chi connectivity index (χ0n) is 20.2. The second-order valence-electron chi connectivity index (χ2n) is 8.92. The van der Waals surface area contributed by atoms with Crippen molar-refractivity contribution in [1.82, 2.24) is 4.90 Å². The first kappa shape index (κ1) is 25.9. The number of piperidine rings is 1. The smallest absolute Gasteiger partial charge is 0.248 e. The third kappa shape index (κ3) is 7.64. The van der Waals surface area contributed by atoms with Gasteiger partial charge in [-0.05, 0) is 92.7 Å². The molecule has 0 radical (unpaired) electrons. The number of anilines is 1. The van der Waals surface area contributed by atoms with Crippen molar-refractivity contribution < 1.29 is 14.0 Å². The van der Waals surface area contributed by atoms with Crippen LogP contribution in [0.15, 0.2) is 89.8 Å². The van der Waals surface area contributed by atoms with Crippen LogP contribution in [0.5, 0.6) is 0 Å². The van der Waals surface area contributed by atoms with Crippen LogP contribution in [0.25, 0.3) is 6.08 Å². The summed E-state index contributed by atoms with van der Waals surface area (Å²) in [4.78, 5) is 28.5. The molecule has 0 saturated carbocycles. The molecule has 186 valence electrons. The Hall–Kier alpha value is -3.22. The molecule has 36 heavy (non-hydrogen) atoms. The molecular weight excluding hydrogens is 471 g/mol. The third-order valence-corrected chi connectivity index (χ3v) is 7.49. The molecule has 0 aromatic heterocycles. The zero-order chi connectivity index (χ0) is 25.2. The number of hydrogen-bond donors (Lipinski definition) is 1. The number of halogens is 1. The molecule has 1 amide bonds. The van der Waals surface area contributed by atoms with Gasteiger partial charge in [0.2, 0.25) is 5.91 Å². The molecule has 6 heteroatoms. The molecule has 3 aromatic rings. The Morgan fingerprint density at radius 2 is 1.64 bits per heavy atom. The largest absolute Gasteiger partial charge is 0.321 e.